The van der Waals surface area contributed by atoms with Gasteiger partial charge in [-0.3, -0.25) is 4.98 Å². The van der Waals surface area contributed by atoms with E-state index in [1.54, 1.807) is 0 Å². The van der Waals surface area contributed by atoms with Crippen molar-refractivity contribution in [2.75, 3.05) is 0 Å². The number of rotatable bonds is 7. The molecule has 1 heteroatoms. The maximum absolute atomic E-state index is 4.81. The van der Waals surface area contributed by atoms with Gasteiger partial charge >= 0.3 is 0 Å². The largest absolute Gasteiger partial charge is 0.256 e. The highest BCUT2D eigenvalue weighted by molar-refractivity contribution is 5.87. The van der Waals surface area contributed by atoms with E-state index < -0.39 is 0 Å². The average molecular weight is 476 g/mol. The number of hydrogen-bond acceptors (Lipinski definition) is 1. The van der Waals surface area contributed by atoms with Crippen molar-refractivity contribution in [2.45, 2.75) is 6.92 Å². The Bertz CT molecular complexity index is 1570. The van der Waals surface area contributed by atoms with E-state index in [1.165, 1.54) is 11.1 Å². The van der Waals surface area contributed by atoms with Crippen molar-refractivity contribution in [3.05, 3.63) is 163 Å². The van der Waals surface area contributed by atoms with Crippen LogP contribution in [0.15, 0.2) is 147 Å². The lowest BCUT2D eigenvalue weighted by atomic mass is 9.94. The van der Waals surface area contributed by atoms with E-state index in [9.17, 15) is 0 Å². The summed E-state index contributed by atoms with van der Waals surface area (Å²) in [6, 6.07) is 40.0. The van der Waals surface area contributed by atoms with Crippen LogP contribution in [0.3, 0.4) is 0 Å². The van der Waals surface area contributed by atoms with Crippen LogP contribution in [0.25, 0.3) is 44.7 Å². The molecular formula is C36H29N. The summed E-state index contributed by atoms with van der Waals surface area (Å²) in [6.45, 7) is 10.5. The summed E-state index contributed by atoms with van der Waals surface area (Å²) in [7, 11) is 0. The third-order valence-corrected chi connectivity index (χ3v) is 6.61. The van der Waals surface area contributed by atoms with Crippen LogP contribution in [0, 0.1) is 6.92 Å². The van der Waals surface area contributed by atoms with Crippen LogP contribution in [0.2, 0.25) is 0 Å². The molecule has 5 aromatic rings. The Morgan fingerprint density at radius 3 is 2.00 bits per heavy atom. The standard InChI is InChI=1S/C36H29N/c1-4-28(22-27(3)29-12-7-5-8-13-29)31-16-11-17-32(23-31)33-19-18-26(2)35(24-33)36-21-20-34(25-37-36)30-14-9-6-10-15-30/h4-25H,1,3H2,2H3/b28-22+. The molecule has 1 heterocycles. The summed E-state index contributed by atoms with van der Waals surface area (Å²) in [5.74, 6) is 0. The maximum atomic E-state index is 4.81. The van der Waals surface area contributed by atoms with E-state index >= 15 is 0 Å². The quantitative estimate of drug-likeness (QED) is 0.213. The fourth-order valence-electron chi connectivity index (χ4n) is 4.49. The third kappa shape index (κ3) is 5.42. The zero-order valence-electron chi connectivity index (χ0n) is 21.1. The lowest BCUT2D eigenvalue weighted by Gasteiger charge is -2.12. The highest BCUT2D eigenvalue weighted by atomic mass is 14.7. The first kappa shape index (κ1) is 24.0. The monoisotopic (exact) mass is 475 g/mol. The molecular weight excluding hydrogens is 446 g/mol. The van der Waals surface area contributed by atoms with Crippen LogP contribution in [-0.2, 0) is 0 Å². The van der Waals surface area contributed by atoms with E-state index in [1.807, 2.05) is 36.5 Å². The Morgan fingerprint density at radius 1 is 0.649 bits per heavy atom. The third-order valence-electron chi connectivity index (χ3n) is 6.61. The molecule has 178 valence electrons. The topological polar surface area (TPSA) is 12.9 Å². The SMILES string of the molecule is C=C/C(=C\C(=C)c1ccccc1)c1cccc(-c2ccc(C)c(-c3ccc(-c4ccccc4)cn3)c2)c1. The second kappa shape index (κ2) is 10.9. The van der Waals surface area contributed by atoms with Gasteiger partial charge in [0.1, 0.15) is 0 Å². The van der Waals surface area contributed by atoms with Gasteiger partial charge in [0.05, 0.1) is 5.69 Å². The highest BCUT2D eigenvalue weighted by Crippen LogP contribution is 2.31. The average Bonchev–Trinajstić information content (AvgIpc) is 2.97. The fraction of sp³-hybridized carbons (Fsp3) is 0.0278. The first-order valence-corrected chi connectivity index (χ1v) is 12.4. The van der Waals surface area contributed by atoms with Crippen molar-refractivity contribution in [1.29, 1.82) is 0 Å². The van der Waals surface area contributed by atoms with Crippen molar-refractivity contribution in [3.8, 4) is 33.5 Å². The van der Waals surface area contributed by atoms with Gasteiger partial charge in [0.25, 0.3) is 0 Å². The van der Waals surface area contributed by atoms with Crippen LogP contribution in [0.1, 0.15) is 16.7 Å². The van der Waals surface area contributed by atoms with Gasteiger partial charge in [0.2, 0.25) is 0 Å². The summed E-state index contributed by atoms with van der Waals surface area (Å²) in [5, 5.41) is 0. The smallest absolute Gasteiger partial charge is 0.0705 e. The molecule has 1 aromatic heterocycles. The first-order chi connectivity index (χ1) is 18.1. The molecule has 0 amide bonds. The summed E-state index contributed by atoms with van der Waals surface area (Å²) >= 11 is 0. The highest BCUT2D eigenvalue weighted by Gasteiger charge is 2.09. The van der Waals surface area contributed by atoms with Gasteiger partial charge in [-0.15, -0.1) is 0 Å². The second-order valence-electron chi connectivity index (χ2n) is 9.10. The minimum atomic E-state index is 0.962. The van der Waals surface area contributed by atoms with Gasteiger partial charge in [-0.25, -0.2) is 0 Å². The number of hydrogen-bond donors (Lipinski definition) is 0. The summed E-state index contributed by atoms with van der Waals surface area (Å²) in [4.78, 5) is 4.81. The van der Waals surface area contributed by atoms with Gasteiger partial charge in [0, 0.05) is 17.3 Å². The normalized spacial score (nSPS) is 11.2. The molecule has 0 aliphatic carbocycles. The maximum Gasteiger partial charge on any atom is 0.0705 e. The Balaban J connectivity index is 1.46. The Hall–Kier alpha value is -4.75. The molecule has 0 radical (unpaired) electrons. The van der Waals surface area contributed by atoms with E-state index in [0.29, 0.717) is 0 Å². The Labute approximate surface area is 219 Å². The molecule has 4 aromatic carbocycles. The van der Waals surface area contributed by atoms with Crippen LogP contribution < -0.4 is 0 Å². The molecule has 0 atom stereocenters. The van der Waals surface area contributed by atoms with E-state index in [4.69, 9.17) is 4.98 Å². The van der Waals surface area contributed by atoms with Crippen LogP contribution in [0.4, 0.5) is 0 Å². The number of allylic oxidation sites excluding steroid dienone is 4. The van der Waals surface area contributed by atoms with Crippen molar-refractivity contribution < 1.29 is 0 Å². The number of nitrogens with zero attached hydrogens (tertiary/aromatic N) is 1. The van der Waals surface area contributed by atoms with Gasteiger partial charge < -0.3 is 0 Å². The van der Waals surface area contributed by atoms with Crippen molar-refractivity contribution in [1.82, 2.24) is 4.98 Å². The molecule has 0 saturated carbocycles. The van der Waals surface area contributed by atoms with E-state index in [-0.39, 0.29) is 0 Å². The lowest BCUT2D eigenvalue weighted by Crippen LogP contribution is -1.90. The molecule has 0 fully saturated rings. The van der Waals surface area contributed by atoms with E-state index in [0.717, 1.165) is 50.2 Å². The fourth-order valence-corrected chi connectivity index (χ4v) is 4.49. The molecule has 1 nitrogen and oxygen atoms in total. The minimum Gasteiger partial charge on any atom is -0.256 e. The second-order valence-corrected chi connectivity index (χ2v) is 9.10. The zero-order chi connectivity index (χ0) is 25.6. The van der Waals surface area contributed by atoms with Crippen molar-refractivity contribution in [2.24, 2.45) is 0 Å². The number of aryl methyl sites for hydroxylation is 1. The van der Waals surface area contributed by atoms with Crippen LogP contribution >= 0.6 is 0 Å². The molecule has 0 bridgehead atoms. The Morgan fingerprint density at radius 2 is 1.30 bits per heavy atom. The minimum absolute atomic E-state index is 0.962. The molecule has 5 rings (SSSR count). The van der Waals surface area contributed by atoms with E-state index in [2.05, 4.69) is 117 Å². The van der Waals surface area contributed by atoms with Gasteiger partial charge in [-0.1, -0.05) is 116 Å². The van der Waals surface area contributed by atoms with Crippen molar-refractivity contribution >= 4 is 11.1 Å². The summed E-state index contributed by atoms with van der Waals surface area (Å²) in [5.41, 5.74) is 12.1. The summed E-state index contributed by atoms with van der Waals surface area (Å²) < 4.78 is 0. The Kier molecular flexibility index (Phi) is 7.05. The number of pyridine rings is 1. The van der Waals surface area contributed by atoms with Crippen LogP contribution in [0.5, 0.6) is 0 Å². The molecule has 37 heavy (non-hydrogen) atoms. The summed E-state index contributed by atoms with van der Waals surface area (Å²) in [6.07, 6.45) is 5.95. The molecule has 0 N–H and O–H groups in total. The molecule has 0 aliphatic heterocycles. The predicted molar refractivity (Wildman–Crippen MR) is 159 cm³/mol. The van der Waals surface area contributed by atoms with Gasteiger partial charge in [-0.05, 0) is 75.7 Å². The molecule has 0 unspecified atom stereocenters. The predicted octanol–water partition coefficient (Wildman–Crippen LogP) is 9.67. The number of benzene rings is 4. The zero-order valence-corrected chi connectivity index (χ0v) is 21.1. The van der Waals surface area contributed by atoms with Gasteiger partial charge in [-0.2, -0.15) is 0 Å². The number of aromatic nitrogens is 1. The van der Waals surface area contributed by atoms with Crippen LogP contribution in [-0.4, -0.2) is 4.98 Å². The molecule has 0 spiro atoms. The molecule has 0 saturated heterocycles. The first-order valence-electron chi connectivity index (χ1n) is 12.4. The van der Waals surface area contributed by atoms with Crippen molar-refractivity contribution in [3.63, 3.8) is 0 Å². The van der Waals surface area contributed by atoms with Gasteiger partial charge in [0.15, 0.2) is 0 Å². The lowest BCUT2D eigenvalue weighted by molar-refractivity contribution is 1.31. The molecule has 0 aliphatic rings.